The predicted molar refractivity (Wildman–Crippen MR) is 97.7 cm³/mol. The van der Waals surface area contributed by atoms with Gasteiger partial charge in [0.2, 0.25) is 11.5 Å². The van der Waals surface area contributed by atoms with Crippen LogP contribution in [0, 0.1) is 17.8 Å². The number of hydrogen-bond acceptors (Lipinski definition) is 3. The van der Waals surface area contributed by atoms with E-state index in [1.54, 1.807) is 6.07 Å². The monoisotopic (exact) mass is 357 g/mol. The second-order valence-corrected chi connectivity index (χ2v) is 8.26. The topological polar surface area (TPSA) is 73.5 Å². The first kappa shape index (κ1) is 17.3. The second kappa shape index (κ2) is 6.89. The molecule has 0 spiro atoms. The lowest BCUT2D eigenvalue weighted by atomic mass is 9.75. The number of hydrogen-bond donors (Lipinski definition) is 1. The molecule has 0 aromatic carbocycles. The highest BCUT2D eigenvalue weighted by molar-refractivity contribution is 5.94. The number of rotatable bonds is 3. The van der Waals surface area contributed by atoms with Crippen LogP contribution < -0.4 is 5.56 Å². The summed E-state index contributed by atoms with van der Waals surface area (Å²) in [7, 11) is 0. The van der Waals surface area contributed by atoms with Gasteiger partial charge in [-0.3, -0.25) is 14.4 Å². The van der Waals surface area contributed by atoms with Crippen LogP contribution in [0.1, 0.15) is 49.4 Å². The third-order valence-electron chi connectivity index (χ3n) is 6.39. The van der Waals surface area contributed by atoms with E-state index in [-0.39, 0.29) is 23.4 Å². The highest BCUT2D eigenvalue weighted by Crippen LogP contribution is 2.38. The molecule has 1 aromatic heterocycles. The minimum atomic E-state index is -0.203. The van der Waals surface area contributed by atoms with Gasteiger partial charge in [0.25, 0.3) is 5.91 Å². The van der Waals surface area contributed by atoms with Crippen LogP contribution >= 0.6 is 0 Å². The van der Waals surface area contributed by atoms with E-state index in [1.165, 1.54) is 12.3 Å². The summed E-state index contributed by atoms with van der Waals surface area (Å²) in [6.07, 6.45) is 6.63. The van der Waals surface area contributed by atoms with E-state index >= 15 is 0 Å². The molecule has 2 aliphatic heterocycles. The quantitative estimate of drug-likeness (QED) is 0.898. The van der Waals surface area contributed by atoms with Crippen LogP contribution in [0.5, 0.6) is 0 Å². The summed E-state index contributed by atoms with van der Waals surface area (Å²) in [4.78, 5) is 43.2. The molecular formula is C20H27N3O3. The third kappa shape index (κ3) is 3.17. The number of amides is 2. The van der Waals surface area contributed by atoms with Gasteiger partial charge in [0.05, 0.1) is 5.56 Å². The van der Waals surface area contributed by atoms with Gasteiger partial charge in [-0.05, 0) is 50.0 Å². The van der Waals surface area contributed by atoms with Gasteiger partial charge in [0, 0.05) is 43.9 Å². The molecule has 0 bridgehead atoms. The third-order valence-corrected chi connectivity index (χ3v) is 6.39. The van der Waals surface area contributed by atoms with Gasteiger partial charge in [0.1, 0.15) is 0 Å². The SMILES string of the molecule is CC1CC(C(=O)N2CCCC2C2CCN(C(=O)c3ccc(=O)[nH]c3)C2)C1. The molecule has 2 amide bonds. The molecule has 2 saturated heterocycles. The maximum Gasteiger partial charge on any atom is 0.255 e. The fourth-order valence-electron chi connectivity index (χ4n) is 4.91. The van der Waals surface area contributed by atoms with E-state index < -0.39 is 0 Å². The van der Waals surface area contributed by atoms with Gasteiger partial charge in [0.15, 0.2) is 0 Å². The van der Waals surface area contributed by atoms with Crippen molar-refractivity contribution in [3.05, 3.63) is 34.2 Å². The van der Waals surface area contributed by atoms with Crippen LogP contribution in [0.4, 0.5) is 0 Å². The van der Waals surface area contributed by atoms with Gasteiger partial charge in [-0.15, -0.1) is 0 Å². The Labute approximate surface area is 153 Å². The fraction of sp³-hybridized carbons (Fsp3) is 0.650. The molecular weight excluding hydrogens is 330 g/mol. The molecule has 6 heteroatoms. The number of carbonyl (C=O) groups excluding carboxylic acids is 2. The zero-order chi connectivity index (χ0) is 18.3. The molecule has 26 heavy (non-hydrogen) atoms. The van der Waals surface area contributed by atoms with Crippen molar-refractivity contribution < 1.29 is 9.59 Å². The van der Waals surface area contributed by atoms with Crippen molar-refractivity contribution in [1.82, 2.24) is 14.8 Å². The van der Waals surface area contributed by atoms with Crippen molar-refractivity contribution in [3.63, 3.8) is 0 Å². The van der Waals surface area contributed by atoms with Gasteiger partial charge >= 0.3 is 0 Å². The molecule has 1 N–H and O–H groups in total. The number of aromatic amines is 1. The summed E-state index contributed by atoms with van der Waals surface area (Å²) in [5.74, 6) is 1.59. The summed E-state index contributed by atoms with van der Waals surface area (Å²) >= 11 is 0. The number of H-pyrrole nitrogens is 1. The average molecular weight is 357 g/mol. The predicted octanol–water partition coefficient (Wildman–Crippen LogP) is 1.87. The van der Waals surface area contributed by atoms with Crippen LogP contribution in [-0.4, -0.2) is 52.3 Å². The summed E-state index contributed by atoms with van der Waals surface area (Å²) in [5, 5.41) is 0. The number of pyridine rings is 1. The summed E-state index contributed by atoms with van der Waals surface area (Å²) < 4.78 is 0. The van der Waals surface area contributed by atoms with E-state index in [9.17, 15) is 14.4 Å². The van der Waals surface area contributed by atoms with E-state index in [0.717, 1.165) is 45.2 Å². The Morgan fingerprint density at radius 1 is 1.15 bits per heavy atom. The summed E-state index contributed by atoms with van der Waals surface area (Å²) in [6, 6.07) is 3.25. The highest BCUT2D eigenvalue weighted by atomic mass is 16.2. The van der Waals surface area contributed by atoms with Gasteiger partial charge < -0.3 is 14.8 Å². The molecule has 2 atom stereocenters. The minimum absolute atomic E-state index is 0.0348. The molecule has 3 aliphatic rings. The zero-order valence-electron chi connectivity index (χ0n) is 15.3. The first-order chi connectivity index (χ1) is 12.5. The van der Waals surface area contributed by atoms with Crippen molar-refractivity contribution in [2.75, 3.05) is 19.6 Å². The smallest absolute Gasteiger partial charge is 0.255 e. The number of carbonyl (C=O) groups is 2. The fourth-order valence-corrected chi connectivity index (χ4v) is 4.91. The molecule has 2 unspecified atom stereocenters. The van der Waals surface area contributed by atoms with E-state index in [4.69, 9.17) is 0 Å². The highest BCUT2D eigenvalue weighted by Gasteiger charge is 2.43. The number of nitrogens with one attached hydrogen (secondary N) is 1. The van der Waals surface area contributed by atoms with Crippen molar-refractivity contribution >= 4 is 11.8 Å². The molecule has 140 valence electrons. The van der Waals surface area contributed by atoms with Crippen molar-refractivity contribution in [2.24, 2.45) is 17.8 Å². The molecule has 1 aromatic rings. The maximum absolute atomic E-state index is 12.8. The number of nitrogens with zero attached hydrogens (tertiary/aromatic N) is 2. The molecule has 1 aliphatic carbocycles. The van der Waals surface area contributed by atoms with Crippen LogP contribution in [0.15, 0.2) is 23.1 Å². The lowest BCUT2D eigenvalue weighted by Crippen LogP contribution is -2.46. The molecule has 0 radical (unpaired) electrons. The first-order valence-corrected chi connectivity index (χ1v) is 9.81. The van der Waals surface area contributed by atoms with E-state index in [1.807, 2.05) is 4.90 Å². The summed E-state index contributed by atoms with van der Waals surface area (Å²) in [6.45, 7) is 4.51. The molecule has 3 heterocycles. The second-order valence-electron chi connectivity index (χ2n) is 8.26. The van der Waals surface area contributed by atoms with Crippen LogP contribution in [0.3, 0.4) is 0 Å². The Morgan fingerprint density at radius 2 is 1.96 bits per heavy atom. The molecule has 4 rings (SSSR count). The average Bonchev–Trinajstić information content (AvgIpc) is 3.27. The van der Waals surface area contributed by atoms with Crippen molar-refractivity contribution in [1.29, 1.82) is 0 Å². The maximum atomic E-state index is 12.8. The van der Waals surface area contributed by atoms with Crippen LogP contribution in [0.25, 0.3) is 0 Å². The van der Waals surface area contributed by atoms with Crippen LogP contribution in [-0.2, 0) is 4.79 Å². The van der Waals surface area contributed by atoms with Gasteiger partial charge in [-0.2, -0.15) is 0 Å². The number of likely N-dealkylation sites (tertiary alicyclic amines) is 2. The molecule has 1 saturated carbocycles. The first-order valence-electron chi connectivity index (χ1n) is 9.81. The Morgan fingerprint density at radius 3 is 2.65 bits per heavy atom. The Bertz CT molecular complexity index is 732. The lowest BCUT2D eigenvalue weighted by Gasteiger charge is -2.38. The largest absolute Gasteiger partial charge is 0.339 e. The zero-order valence-corrected chi connectivity index (χ0v) is 15.3. The van der Waals surface area contributed by atoms with Crippen molar-refractivity contribution in [3.8, 4) is 0 Å². The molecule has 6 nitrogen and oxygen atoms in total. The van der Waals surface area contributed by atoms with Crippen LogP contribution in [0.2, 0.25) is 0 Å². The minimum Gasteiger partial charge on any atom is -0.339 e. The molecule has 3 fully saturated rings. The summed E-state index contributed by atoms with van der Waals surface area (Å²) in [5.41, 5.74) is 0.319. The van der Waals surface area contributed by atoms with E-state index in [0.29, 0.717) is 29.9 Å². The Kier molecular flexibility index (Phi) is 4.59. The Balaban J connectivity index is 1.39. The standard InChI is InChI=1S/C20H27N3O3/c1-13-9-16(10-13)20(26)23-7-2-3-17(23)15-6-8-22(12-15)19(25)14-4-5-18(24)21-11-14/h4-5,11,13,15-17H,2-3,6-10,12H2,1H3,(H,21,24). The van der Waals surface area contributed by atoms with Crippen molar-refractivity contribution in [2.45, 2.75) is 45.1 Å². The normalized spacial score (nSPS) is 31.1. The van der Waals surface area contributed by atoms with Gasteiger partial charge in [-0.25, -0.2) is 0 Å². The van der Waals surface area contributed by atoms with Gasteiger partial charge in [-0.1, -0.05) is 6.92 Å². The Hall–Kier alpha value is -2.11. The lowest BCUT2D eigenvalue weighted by molar-refractivity contribution is -0.141. The van der Waals surface area contributed by atoms with E-state index in [2.05, 4.69) is 16.8 Å². The number of aromatic nitrogens is 1.